The van der Waals surface area contributed by atoms with Gasteiger partial charge in [-0.15, -0.1) is 0 Å². The number of alkyl carbamates (subject to hydrolysis) is 1. The molecule has 6 atom stereocenters. The molecule has 3 unspecified atom stereocenters. The van der Waals surface area contributed by atoms with Gasteiger partial charge in [0.15, 0.2) is 5.78 Å². The lowest BCUT2D eigenvalue weighted by Crippen LogP contribution is -2.50. The number of nitrogens with one attached hydrogen (secondary N) is 3. The highest BCUT2D eigenvalue weighted by Crippen LogP contribution is 2.50. The standard InChI is InChI=1S/C42H46N6O7/c1-42(2,3)55-41(53)48-22-28-17-30(28)37(48)39(51)44-20-34(50)26-11-7-24(8-12-26)23-5-9-25(10-6-23)32-19-43-38(45-32)29-18-33(49)35-31(46-40(52)54-4)14-13-27-15-16-47(21-29)36(27)35/h5-12,15-16,19,28-31,35,37H,13-14,17-18,20-22H2,1-4H3,(H,43,45)(H,44,51)(H,46,52)/t28?,29-,30-,31-,35?,37?/m0/s1. The Morgan fingerprint density at radius 2 is 1.67 bits per heavy atom. The largest absolute Gasteiger partial charge is 0.453 e. The number of piperidine rings is 1. The Balaban J connectivity index is 0.887. The summed E-state index contributed by atoms with van der Waals surface area (Å²) < 4.78 is 12.5. The van der Waals surface area contributed by atoms with Gasteiger partial charge in [-0.05, 0) is 80.2 Å². The molecule has 3 N–H and O–H groups in total. The van der Waals surface area contributed by atoms with Crippen LogP contribution in [0.4, 0.5) is 9.59 Å². The minimum Gasteiger partial charge on any atom is -0.453 e. The summed E-state index contributed by atoms with van der Waals surface area (Å²) in [6, 6.07) is 16.4. The maximum absolute atomic E-state index is 13.8. The van der Waals surface area contributed by atoms with Gasteiger partial charge in [-0.3, -0.25) is 19.3 Å². The Hall–Kier alpha value is -5.72. The highest BCUT2D eigenvalue weighted by molar-refractivity contribution is 6.00. The molecule has 2 aromatic heterocycles. The Bertz CT molecular complexity index is 2150. The molecule has 286 valence electrons. The fraction of sp³-hybridized carbons (Fsp3) is 0.429. The number of fused-ring (bicyclic) bond motifs is 1. The van der Waals surface area contributed by atoms with Crippen molar-refractivity contribution in [2.45, 2.75) is 82.5 Å². The molecule has 0 radical (unpaired) electrons. The van der Waals surface area contributed by atoms with Gasteiger partial charge in [0.25, 0.3) is 0 Å². The normalized spacial score (nSPS) is 23.9. The number of benzene rings is 2. The van der Waals surface area contributed by atoms with Crippen LogP contribution >= 0.6 is 0 Å². The van der Waals surface area contributed by atoms with Crippen LogP contribution in [-0.4, -0.2) is 87.0 Å². The average Bonchev–Trinajstić information content (AvgIpc) is 3.45. The lowest BCUT2D eigenvalue weighted by Gasteiger charge is -2.31. The molecule has 1 saturated heterocycles. The molecule has 55 heavy (non-hydrogen) atoms. The minimum atomic E-state index is -0.661. The zero-order valence-electron chi connectivity index (χ0n) is 31.5. The number of imidazole rings is 1. The molecule has 8 rings (SSSR count). The van der Waals surface area contributed by atoms with E-state index in [0.29, 0.717) is 37.4 Å². The molecule has 2 fully saturated rings. The van der Waals surface area contributed by atoms with E-state index in [1.165, 1.54) is 12.0 Å². The van der Waals surface area contributed by atoms with E-state index in [4.69, 9.17) is 14.5 Å². The lowest BCUT2D eigenvalue weighted by molar-refractivity contribution is -0.126. The van der Waals surface area contributed by atoms with Crippen molar-refractivity contribution >= 4 is 29.7 Å². The van der Waals surface area contributed by atoms with Crippen LogP contribution in [0.3, 0.4) is 0 Å². The smallest absolute Gasteiger partial charge is 0.410 e. The summed E-state index contributed by atoms with van der Waals surface area (Å²) in [5, 5.41) is 5.66. The van der Waals surface area contributed by atoms with Crippen LogP contribution in [0.25, 0.3) is 22.4 Å². The maximum Gasteiger partial charge on any atom is 0.410 e. The summed E-state index contributed by atoms with van der Waals surface area (Å²) in [5.41, 5.74) is 5.63. The fourth-order valence-corrected chi connectivity index (χ4v) is 8.61. The molecule has 0 spiro atoms. The van der Waals surface area contributed by atoms with Crippen LogP contribution in [0, 0.1) is 11.8 Å². The first-order valence-electron chi connectivity index (χ1n) is 19.0. The van der Waals surface area contributed by atoms with Crippen molar-refractivity contribution in [2.75, 3.05) is 20.2 Å². The topological polar surface area (TPSA) is 165 Å². The molecular formula is C42H46N6O7. The van der Waals surface area contributed by atoms with Crippen molar-refractivity contribution in [3.05, 3.63) is 89.6 Å². The van der Waals surface area contributed by atoms with Crippen LogP contribution in [-0.2, 0) is 32.0 Å². The third kappa shape index (κ3) is 7.27. The monoisotopic (exact) mass is 746 g/mol. The van der Waals surface area contributed by atoms with Gasteiger partial charge in [-0.1, -0.05) is 48.5 Å². The van der Waals surface area contributed by atoms with E-state index in [2.05, 4.69) is 26.3 Å². The van der Waals surface area contributed by atoms with Crippen LogP contribution in [0.5, 0.6) is 0 Å². The summed E-state index contributed by atoms with van der Waals surface area (Å²) >= 11 is 0. The highest BCUT2D eigenvalue weighted by atomic mass is 16.6. The number of aryl methyl sites for hydroxylation is 1. The quantitative estimate of drug-likeness (QED) is 0.196. The van der Waals surface area contributed by atoms with Crippen molar-refractivity contribution in [1.82, 2.24) is 30.1 Å². The van der Waals surface area contributed by atoms with E-state index < -0.39 is 29.7 Å². The Morgan fingerprint density at radius 1 is 0.964 bits per heavy atom. The van der Waals surface area contributed by atoms with Gasteiger partial charge in [0, 0.05) is 48.9 Å². The van der Waals surface area contributed by atoms with E-state index in [0.717, 1.165) is 52.3 Å². The van der Waals surface area contributed by atoms with E-state index in [9.17, 15) is 24.0 Å². The molecule has 1 saturated carbocycles. The highest BCUT2D eigenvalue weighted by Gasteiger charge is 2.57. The SMILES string of the molecule is COC(=O)N[C@H]1CCc2ccn3c2C1C(=O)C[C@H](c1ncc(-c2ccc(-c4ccc(C(=O)CNC(=O)C5[C@H]6CC6CN5C(=O)OC(C)(C)C)cc4)cc2)[nH]1)C3. The number of carbonyl (C=O) groups is 5. The first-order valence-corrected chi connectivity index (χ1v) is 19.0. The third-order valence-corrected chi connectivity index (χ3v) is 11.4. The van der Waals surface area contributed by atoms with Crippen LogP contribution < -0.4 is 10.6 Å². The molecule has 4 aromatic rings. The number of aromatic nitrogens is 3. The maximum atomic E-state index is 13.8. The number of likely N-dealkylation sites (tertiary alicyclic amines) is 1. The second kappa shape index (κ2) is 14.2. The van der Waals surface area contributed by atoms with Crippen LogP contribution in [0.15, 0.2) is 67.0 Å². The molecule has 2 aromatic carbocycles. The number of carbonyl (C=O) groups excluding carboxylic acids is 5. The van der Waals surface area contributed by atoms with Crippen molar-refractivity contribution in [2.24, 2.45) is 11.8 Å². The number of hydrogen-bond donors (Lipinski definition) is 3. The Labute approximate surface area is 319 Å². The number of ether oxygens (including phenoxy) is 2. The minimum absolute atomic E-state index is 0.0801. The number of rotatable bonds is 8. The summed E-state index contributed by atoms with van der Waals surface area (Å²) in [6.07, 6.45) is 5.47. The number of ketones is 2. The predicted molar refractivity (Wildman–Crippen MR) is 202 cm³/mol. The third-order valence-electron chi connectivity index (χ3n) is 11.4. The molecule has 0 bridgehead atoms. The number of H-pyrrole nitrogens is 1. The number of amides is 3. The molecule has 3 amide bonds. The van der Waals surface area contributed by atoms with Gasteiger partial charge >= 0.3 is 12.2 Å². The molecule has 4 heterocycles. The van der Waals surface area contributed by atoms with Crippen LogP contribution in [0.1, 0.15) is 79.3 Å². The average molecular weight is 747 g/mol. The van der Waals surface area contributed by atoms with Gasteiger partial charge in [-0.25, -0.2) is 14.6 Å². The Kier molecular flexibility index (Phi) is 9.34. The van der Waals surface area contributed by atoms with Crippen molar-refractivity contribution in [3.8, 4) is 22.4 Å². The van der Waals surface area contributed by atoms with Crippen molar-refractivity contribution < 1.29 is 33.4 Å². The first-order chi connectivity index (χ1) is 26.4. The molecule has 13 nitrogen and oxygen atoms in total. The number of Topliss-reactive ketones (excluding diaryl/α,β-unsaturated/α-hetero) is 2. The van der Waals surface area contributed by atoms with Gasteiger partial charge in [0.05, 0.1) is 31.5 Å². The van der Waals surface area contributed by atoms with E-state index in [1.807, 2.05) is 42.6 Å². The summed E-state index contributed by atoms with van der Waals surface area (Å²) in [7, 11) is 1.33. The van der Waals surface area contributed by atoms with E-state index in [-0.39, 0.29) is 41.9 Å². The van der Waals surface area contributed by atoms with E-state index in [1.54, 1.807) is 39.1 Å². The van der Waals surface area contributed by atoms with E-state index >= 15 is 0 Å². The summed E-state index contributed by atoms with van der Waals surface area (Å²) in [4.78, 5) is 74.5. The van der Waals surface area contributed by atoms with Gasteiger partial charge in [0.1, 0.15) is 23.3 Å². The number of aromatic amines is 1. The summed E-state index contributed by atoms with van der Waals surface area (Å²) in [5.74, 6) is 0.105. The summed E-state index contributed by atoms with van der Waals surface area (Å²) in [6.45, 7) is 6.33. The zero-order valence-corrected chi connectivity index (χ0v) is 31.5. The van der Waals surface area contributed by atoms with Gasteiger partial charge in [-0.2, -0.15) is 0 Å². The Morgan fingerprint density at radius 3 is 2.38 bits per heavy atom. The van der Waals surface area contributed by atoms with Gasteiger partial charge < -0.3 is 29.7 Å². The second-order valence-electron chi connectivity index (χ2n) is 16.2. The number of methoxy groups -OCH3 is 1. The second-order valence-corrected chi connectivity index (χ2v) is 16.2. The zero-order chi connectivity index (χ0) is 38.6. The van der Waals surface area contributed by atoms with Gasteiger partial charge in [0.2, 0.25) is 5.91 Å². The van der Waals surface area contributed by atoms with Crippen LogP contribution in [0.2, 0.25) is 0 Å². The van der Waals surface area contributed by atoms with Crippen molar-refractivity contribution in [1.29, 1.82) is 0 Å². The molecule has 4 aliphatic rings. The first kappa shape index (κ1) is 36.3. The predicted octanol–water partition coefficient (Wildman–Crippen LogP) is 5.61. The molecule has 13 heteroatoms. The lowest BCUT2D eigenvalue weighted by atomic mass is 9.79. The van der Waals surface area contributed by atoms with Crippen molar-refractivity contribution in [3.63, 3.8) is 0 Å². The molecule has 2 aliphatic carbocycles. The molecular weight excluding hydrogens is 700 g/mol. The fourth-order valence-electron chi connectivity index (χ4n) is 8.61. The molecule has 2 aliphatic heterocycles. The number of hydrogen-bond acceptors (Lipinski definition) is 8. The number of nitrogens with zero attached hydrogens (tertiary/aromatic N) is 3.